The molecule has 0 unspecified atom stereocenters. The highest BCUT2D eigenvalue weighted by atomic mass is 32.2. The highest BCUT2D eigenvalue weighted by Crippen LogP contribution is 2.22. The van der Waals surface area contributed by atoms with Crippen LogP contribution < -0.4 is 5.43 Å². The molecule has 5 heteroatoms. The quantitative estimate of drug-likeness (QED) is 0.188. The minimum Gasteiger partial charge on any atom is -0.276 e. The van der Waals surface area contributed by atoms with Gasteiger partial charge >= 0.3 is 0 Å². The van der Waals surface area contributed by atoms with Crippen LogP contribution >= 0.6 is 11.8 Å². The van der Waals surface area contributed by atoms with Gasteiger partial charge in [0.15, 0.2) is 0 Å². The summed E-state index contributed by atoms with van der Waals surface area (Å²) < 4.78 is 0. The summed E-state index contributed by atoms with van der Waals surface area (Å²) in [6.45, 7) is 4.10. The Balaban J connectivity index is 1.79. The molecule has 4 nitrogen and oxygen atoms in total. The summed E-state index contributed by atoms with van der Waals surface area (Å²) >= 11 is 1.46. The molecule has 0 aromatic heterocycles. The Labute approximate surface area is 158 Å². The van der Waals surface area contributed by atoms with Gasteiger partial charge in [-0.2, -0.15) is 0 Å². The lowest BCUT2D eigenvalue weighted by Gasteiger charge is -2.03. The number of nitrogens with one attached hydrogen (secondary N) is 1. The van der Waals surface area contributed by atoms with Gasteiger partial charge in [0, 0.05) is 4.90 Å². The first-order valence-corrected chi connectivity index (χ1v) is 9.12. The number of hydrogen-bond donors (Lipinski definition) is 1. The van der Waals surface area contributed by atoms with Crippen molar-refractivity contribution in [2.75, 3.05) is 5.43 Å². The lowest BCUT2D eigenvalue weighted by molar-refractivity contribution is 1.24. The smallest absolute Gasteiger partial charge is 0.232 e. The molecule has 26 heavy (non-hydrogen) atoms. The van der Waals surface area contributed by atoms with Crippen LogP contribution in [-0.4, -0.2) is 5.17 Å². The number of rotatable bonds is 4. The van der Waals surface area contributed by atoms with Gasteiger partial charge in [-0.15, -0.1) is 15.3 Å². The molecular formula is C21H20N4S. The van der Waals surface area contributed by atoms with Gasteiger partial charge in [-0.25, -0.2) is 0 Å². The molecular weight excluding hydrogens is 340 g/mol. The fourth-order valence-corrected chi connectivity index (χ4v) is 2.79. The third-order valence-electron chi connectivity index (χ3n) is 3.57. The molecule has 0 atom stereocenters. The lowest BCUT2D eigenvalue weighted by Crippen LogP contribution is -1.95. The van der Waals surface area contributed by atoms with Gasteiger partial charge in [-0.1, -0.05) is 53.6 Å². The molecule has 0 saturated carbocycles. The summed E-state index contributed by atoms with van der Waals surface area (Å²) in [5, 5.41) is 13.6. The maximum absolute atomic E-state index is 4.42. The molecule has 0 aliphatic carbocycles. The van der Waals surface area contributed by atoms with E-state index in [2.05, 4.69) is 27.7 Å². The number of nitrogens with zero attached hydrogens (tertiary/aromatic N) is 3. The van der Waals surface area contributed by atoms with Gasteiger partial charge in [-0.05, 0) is 62.0 Å². The number of aryl methyl sites for hydroxylation is 2. The van der Waals surface area contributed by atoms with E-state index in [9.17, 15) is 0 Å². The standard InChI is InChI=1S/C21H20N4S/c1-16-8-12-18(13-9-16)22-24-21(26-20-6-4-3-5-7-20)25-23-19-14-10-17(2)11-15-19/h3-15,22H,1-2H3/b24-21-,25-23?. The van der Waals surface area contributed by atoms with E-state index in [4.69, 9.17) is 0 Å². The van der Waals surface area contributed by atoms with Crippen LogP contribution in [0.1, 0.15) is 11.1 Å². The zero-order valence-electron chi connectivity index (χ0n) is 14.8. The van der Waals surface area contributed by atoms with Gasteiger partial charge in [0.05, 0.1) is 11.4 Å². The third kappa shape index (κ3) is 5.57. The Morgan fingerprint density at radius 3 is 2.04 bits per heavy atom. The van der Waals surface area contributed by atoms with Crippen LogP contribution in [0.25, 0.3) is 0 Å². The number of thioether (sulfide) groups is 1. The fraction of sp³-hybridized carbons (Fsp3) is 0.0952. The largest absolute Gasteiger partial charge is 0.276 e. The lowest BCUT2D eigenvalue weighted by atomic mass is 10.2. The monoisotopic (exact) mass is 360 g/mol. The zero-order chi connectivity index (χ0) is 18.2. The van der Waals surface area contributed by atoms with Crippen molar-refractivity contribution in [1.82, 2.24) is 0 Å². The summed E-state index contributed by atoms with van der Waals surface area (Å²) in [6.07, 6.45) is 0. The van der Waals surface area contributed by atoms with Crippen LogP contribution in [0.15, 0.2) is 99.1 Å². The highest BCUT2D eigenvalue weighted by Gasteiger charge is 2.02. The Morgan fingerprint density at radius 1 is 0.769 bits per heavy atom. The maximum Gasteiger partial charge on any atom is 0.232 e. The first-order valence-electron chi connectivity index (χ1n) is 8.31. The normalized spacial score (nSPS) is 11.7. The summed E-state index contributed by atoms with van der Waals surface area (Å²) in [7, 11) is 0. The van der Waals surface area contributed by atoms with Crippen LogP contribution in [0, 0.1) is 13.8 Å². The van der Waals surface area contributed by atoms with Crippen LogP contribution in [0.5, 0.6) is 0 Å². The molecule has 0 spiro atoms. The van der Waals surface area contributed by atoms with Crippen LogP contribution in [-0.2, 0) is 0 Å². The highest BCUT2D eigenvalue weighted by molar-refractivity contribution is 8.13. The second kappa shape index (κ2) is 8.97. The van der Waals surface area contributed by atoms with E-state index in [-0.39, 0.29) is 0 Å². The van der Waals surface area contributed by atoms with Crippen molar-refractivity contribution >= 4 is 28.3 Å². The predicted octanol–water partition coefficient (Wildman–Crippen LogP) is 6.56. The van der Waals surface area contributed by atoms with E-state index >= 15 is 0 Å². The molecule has 1 N–H and O–H groups in total. The van der Waals surface area contributed by atoms with E-state index in [0.29, 0.717) is 5.17 Å². The molecule has 3 aromatic rings. The molecule has 0 aliphatic heterocycles. The van der Waals surface area contributed by atoms with Crippen LogP contribution in [0.2, 0.25) is 0 Å². The van der Waals surface area contributed by atoms with Crippen LogP contribution in [0.3, 0.4) is 0 Å². The Kier molecular flexibility index (Phi) is 6.17. The van der Waals surface area contributed by atoms with E-state index in [1.807, 2.05) is 85.8 Å². The SMILES string of the molecule is Cc1ccc(N=N/C(=N/Nc2ccc(C)cc2)Sc2ccccc2)cc1. The van der Waals surface area contributed by atoms with Crippen molar-refractivity contribution in [3.8, 4) is 0 Å². The van der Waals surface area contributed by atoms with Crippen molar-refractivity contribution in [2.24, 2.45) is 15.3 Å². The fourth-order valence-electron chi connectivity index (χ4n) is 2.11. The second-order valence-electron chi connectivity index (χ2n) is 5.82. The molecule has 0 fully saturated rings. The minimum atomic E-state index is 0.539. The number of anilines is 1. The van der Waals surface area contributed by atoms with Crippen molar-refractivity contribution in [3.05, 3.63) is 90.0 Å². The summed E-state index contributed by atoms with van der Waals surface area (Å²) in [4.78, 5) is 1.06. The van der Waals surface area contributed by atoms with Gasteiger partial charge < -0.3 is 0 Å². The molecule has 0 radical (unpaired) electrons. The van der Waals surface area contributed by atoms with Crippen molar-refractivity contribution < 1.29 is 0 Å². The molecule has 0 amide bonds. The number of azo groups is 1. The zero-order valence-corrected chi connectivity index (χ0v) is 15.6. The number of hydrogen-bond acceptors (Lipinski definition) is 4. The van der Waals surface area contributed by atoms with Gasteiger partial charge in [0.25, 0.3) is 0 Å². The summed E-state index contributed by atoms with van der Waals surface area (Å²) in [5.74, 6) is 0. The summed E-state index contributed by atoms with van der Waals surface area (Å²) in [6, 6.07) is 26.0. The van der Waals surface area contributed by atoms with E-state index in [1.165, 1.54) is 22.9 Å². The van der Waals surface area contributed by atoms with E-state index in [0.717, 1.165) is 16.3 Å². The Bertz CT molecular complexity index is 886. The third-order valence-corrected chi connectivity index (χ3v) is 4.43. The molecule has 0 aliphatic rings. The summed E-state index contributed by atoms with van der Waals surface area (Å²) in [5.41, 5.74) is 7.16. The van der Waals surface area contributed by atoms with Gasteiger partial charge in [-0.3, -0.25) is 5.43 Å². The Hall–Kier alpha value is -2.92. The molecule has 3 rings (SSSR count). The van der Waals surface area contributed by atoms with Crippen LogP contribution in [0.4, 0.5) is 11.4 Å². The average Bonchev–Trinajstić information content (AvgIpc) is 2.67. The number of hydrazone groups is 1. The van der Waals surface area contributed by atoms with Crippen molar-refractivity contribution in [1.29, 1.82) is 0 Å². The minimum absolute atomic E-state index is 0.539. The van der Waals surface area contributed by atoms with Gasteiger partial charge in [0.2, 0.25) is 5.17 Å². The molecule has 0 bridgehead atoms. The van der Waals surface area contributed by atoms with Crippen molar-refractivity contribution in [2.45, 2.75) is 18.7 Å². The average molecular weight is 360 g/mol. The van der Waals surface area contributed by atoms with Gasteiger partial charge in [0.1, 0.15) is 0 Å². The number of benzene rings is 3. The first-order chi connectivity index (χ1) is 12.7. The second-order valence-corrected chi connectivity index (χ2v) is 6.86. The van der Waals surface area contributed by atoms with E-state index in [1.54, 1.807) is 0 Å². The maximum atomic E-state index is 4.42. The number of amidine groups is 1. The topological polar surface area (TPSA) is 49.1 Å². The molecule has 0 saturated heterocycles. The van der Waals surface area contributed by atoms with Crippen molar-refractivity contribution in [3.63, 3.8) is 0 Å². The predicted molar refractivity (Wildman–Crippen MR) is 110 cm³/mol. The molecule has 0 heterocycles. The molecule has 130 valence electrons. The first kappa shape index (κ1) is 17.9. The van der Waals surface area contributed by atoms with E-state index < -0.39 is 0 Å². The molecule has 3 aromatic carbocycles. The Morgan fingerprint density at radius 2 is 1.38 bits per heavy atom.